The fourth-order valence-corrected chi connectivity index (χ4v) is 2.79. The molecule has 0 saturated carbocycles. The van der Waals surface area contributed by atoms with E-state index < -0.39 is 11.1 Å². The molecule has 0 amide bonds. The predicted molar refractivity (Wildman–Crippen MR) is 57.7 cm³/mol. The number of nitrogens with two attached hydrogens (primary N) is 1. The van der Waals surface area contributed by atoms with Crippen LogP contribution in [0.25, 0.3) is 10.2 Å². The normalized spacial score (nSPS) is 13.8. The molecule has 0 saturated heterocycles. The maximum absolute atomic E-state index is 10.8. The maximum Gasteiger partial charge on any atom is 1.00 e. The van der Waals surface area contributed by atoms with Crippen molar-refractivity contribution in [3.05, 3.63) is 23.0 Å². The standard InChI is InChI=1S/C8H9N3O2S2.K/c1-11-6-3-2-5(15(12)13)4-7(6)14-8(11)10-9;/h2-4H,9H2,1H3,(H,12,13);/q;+1/p-1. The van der Waals surface area contributed by atoms with Gasteiger partial charge in [0.05, 0.1) is 10.2 Å². The molecule has 0 bridgehead atoms. The Morgan fingerprint density at radius 2 is 2.25 bits per heavy atom. The number of aryl methyl sites for hydroxylation is 1. The molecule has 5 nitrogen and oxygen atoms in total. The number of nitrogens with zero attached hydrogens (tertiary/aromatic N) is 2. The summed E-state index contributed by atoms with van der Waals surface area (Å²) in [6, 6.07) is 4.90. The van der Waals surface area contributed by atoms with E-state index in [1.807, 2.05) is 11.6 Å². The van der Waals surface area contributed by atoms with E-state index in [-0.39, 0.29) is 56.3 Å². The number of fused-ring (bicyclic) bond motifs is 1. The van der Waals surface area contributed by atoms with Crippen LogP contribution in [0.15, 0.2) is 28.2 Å². The van der Waals surface area contributed by atoms with E-state index in [0.717, 1.165) is 10.2 Å². The first-order valence-electron chi connectivity index (χ1n) is 4.06. The topological polar surface area (TPSA) is 83.4 Å². The Morgan fingerprint density at radius 1 is 1.56 bits per heavy atom. The summed E-state index contributed by atoms with van der Waals surface area (Å²) < 4.78 is 24.2. The summed E-state index contributed by atoms with van der Waals surface area (Å²) in [5, 5.41) is 3.61. The molecule has 1 aromatic carbocycles. The first-order valence-corrected chi connectivity index (χ1v) is 5.95. The summed E-state index contributed by atoms with van der Waals surface area (Å²) in [6.07, 6.45) is 0. The van der Waals surface area contributed by atoms with E-state index in [9.17, 15) is 8.76 Å². The first-order chi connectivity index (χ1) is 7.13. The summed E-state index contributed by atoms with van der Waals surface area (Å²) in [5.41, 5.74) is 0.915. The molecule has 0 radical (unpaired) electrons. The Balaban J connectivity index is 0.00000128. The molecule has 80 valence electrons. The third kappa shape index (κ3) is 2.65. The smallest absolute Gasteiger partial charge is 0.768 e. The number of thiazole rings is 1. The van der Waals surface area contributed by atoms with Crippen molar-refractivity contribution in [2.45, 2.75) is 4.90 Å². The largest absolute Gasteiger partial charge is 1.00 e. The van der Waals surface area contributed by atoms with Gasteiger partial charge < -0.3 is 15.0 Å². The molecule has 2 N–H and O–H groups in total. The maximum atomic E-state index is 10.8. The van der Waals surface area contributed by atoms with Crippen LogP contribution in [0.5, 0.6) is 0 Å². The zero-order valence-corrected chi connectivity index (χ0v) is 13.6. The Morgan fingerprint density at radius 3 is 2.81 bits per heavy atom. The molecule has 0 fully saturated rings. The molecule has 1 aromatic heterocycles. The van der Waals surface area contributed by atoms with Crippen LogP contribution in [0.1, 0.15) is 0 Å². The summed E-state index contributed by atoms with van der Waals surface area (Å²) in [7, 11) is 1.83. The van der Waals surface area contributed by atoms with Gasteiger partial charge in [0.25, 0.3) is 0 Å². The molecule has 1 heterocycles. The number of aromatic nitrogens is 1. The van der Waals surface area contributed by atoms with Crippen LogP contribution in [-0.4, -0.2) is 13.3 Å². The van der Waals surface area contributed by atoms with E-state index in [4.69, 9.17) is 5.84 Å². The van der Waals surface area contributed by atoms with Gasteiger partial charge >= 0.3 is 51.4 Å². The fraction of sp³-hybridized carbons (Fsp3) is 0.125. The van der Waals surface area contributed by atoms with Crippen molar-refractivity contribution in [3.8, 4) is 0 Å². The molecule has 1 unspecified atom stereocenters. The minimum Gasteiger partial charge on any atom is -0.768 e. The van der Waals surface area contributed by atoms with Gasteiger partial charge in [0, 0.05) is 11.9 Å². The average molecular weight is 281 g/mol. The minimum absolute atomic E-state index is 0. The van der Waals surface area contributed by atoms with Crippen LogP contribution in [0.3, 0.4) is 0 Å². The molecular weight excluding hydrogens is 273 g/mol. The van der Waals surface area contributed by atoms with E-state index in [1.54, 1.807) is 18.2 Å². The van der Waals surface area contributed by atoms with Crippen LogP contribution >= 0.6 is 11.3 Å². The summed E-state index contributed by atoms with van der Waals surface area (Å²) in [5.74, 6) is 5.21. The van der Waals surface area contributed by atoms with E-state index in [1.165, 1.54) is 11.3 Å². The predicted octanol–water partition coefficient (Wildman–Crippen LogP) is -2.74. The molecule has 16 heavy (non-hydrogen) atoms. The van der Waals surface area contributed by atoms with Crippen molar-refractivity contribution in [1.82, 2.24) is 4.57 Å². The number of hydrogen-bond donors (Lipinski definition) is 1. The molecule has 2 rings (SSSR count). The molecular formula is C8H8KN3O2S2. The van der Waals surface area contributed by atoms with E-state index in [2.05, 4.69) is 5.10 Å². The molecule has 0 aliphatic carbocycles. The second-order valence-corrected chi connectivity index (χ2v) is 4.89. The van der Waals surface area contributed by atoms with Gasteiger partial charge in [-0.1, -0.05) is 11.3 Å². The molecule has 0 spiro atoms. The Kier molecular flexibility index (Phi) is 5.33. The van der Waals surface area contributed by atoms with E-state index >= 15 is 0 Å². The van der Waals surface area contributed by atoms with E-state index in [0.29, 0.717) is 4.80 Å². The Hall–Kier alpha value is 0.456. The van der Waals surface area contributed by atoms with Crippen LogP contribution in [0, 0.1) is 0 Å². The minimum atomic E-state index is -2.20. The second kappa shape index (κ2) is 5.87. The quantitative estimate of drug-likeness (QED) is 0.266. The number of hydrogen-bond acceptors (Lipinski definition) is 5. The summed E-state index contributed by atoms with van der Waals surface area (Å²) in [4.78, 5) is 0.923. The Bertz CT molecular complexity index is 605. The van der Waals surface area contributed by atoms with Crippen molar-refractivity contribution in [2.75, 3.05) is 0 Å². The van der Waals surface area contributed by atoms with Crippen molar-refractivity contribution < 1.29 is 60.1 Å². The van der Waals surface area contributed by atoms with Crippen LogP contribution in [0.2, 0.25) is 0 Å². The Labute approximate surface area is 141 Å². The summed E-state index contributed by atoms with van der Waals surface area (Å²) in [6.45, 7) is 0. The van der Waals surface area contributed by atoms with Gasteiger partial charge in [0.2, 0.25) is 4.80 Å². The first kappa shape index (κ1) is 14.5. The molecule has 0 aliphatic rings. The van der Waals surface area contributed by atoms with Gasteiger partial charge in [0.15, 0.2) is 0 Å². The molecule has 8 heteroatoms. The fourth-order valence-electron chi connectivity index (χ4n) is 1.34. The van der Waals surface area contributed by atoms with Gasteiger partial charge in [-0.05, 0) is 29.3 Å². The molecule has 0 aliphatic heterocycles. The average Bonchev–Trinajstić information content (AvgIpc) is 2.55. The summed E-state index contributed by atoms with van der Waals surface area (Å²) >= 11 is -0.845. The van der Waals surface area contributed by atoms with Crippen molar-refractivity contribution >= 4 is 32.6 Å². The van der Waals surface area contributed by atoms with Crippen molar-refractivity contribution in [3.63, 3.8) is 0 Å². The van der Waals surface area contributed by atoms with Gasteiger partial charge in [-0.2, -0.15) is 5.10 Å². The van der Waals surface area contributed by atoms with Gasteiger partial charge in [-0.3, -0.25) is 4.21 Å². The monoisotopic (exact) mass is 281 g/mol. The van der Waals surface area contributed by atoms with Gasteiger partial charge in [0.1, 0.15) is 0 Å². The number of benzene rings is 1. The zero-order valence-electron chi connectivity index (χ0n) is 8.84. The molecule has 1 atom stereocenters. The van der Waals surface area contributed by atoms with Gasteiger partial charge in [-0.15, -0.1) is 0 Å². The third-order valence-electron chi connectivity index (χ3n) is 2.08. The van der Waals surface area contributed by atoms with Crippen LogP contribution in [0.4, 0.5) is 0 Å². The van der Waals surface area contributed by atoms with Crippen LogP contribution in [-0.2, 0) is 18.1 Å². The SMILES string of the molecule is Cn1c(=NN)sc2cc(S(=O)[O-])ccc21.[K+]. The van der Waals surface area contributed by atoms with Crippen molar-refractivity contribution in [1.29, 1.82) is 0 Å². The van der Waals surface area contributed by atoms with Gasteiger partial charge in [-0.25, -0.2) is 0 Å². The molecule has 2 aromatic rings. The number of rotatable bonds is 1. The zero-order chi connectivity index (χ0) is 11.0. The van der Waals surface area contributed by atoms with Crippen molar-refractivity contribution in [2.24, 2.45) is 18.0 Å². The third-order valence-corrected chi connectivity index (χ3v) is 3.83. The van der Waals surface area contributed by atoms with Crippen LogP contribution < -0.4 is 62.0 Å². The second-order valence-electron chi connectivity index (χ2n) is 2.94.